The number of hydrogen-bond acceptors (Lipinski definition) is 11. The van der Waals surface area contributed by atoms with E-state index in [4.69, 9.17) is 16.6 Å². The van der Waals surface area contributed by atoms with Gasteiger partial charge in [-0.2, -0.15) is 10.1 Å². The first-order valence-corrected chi connectivity index (χ1v) is 18.5. The van der Waals surface area contributed by atoms with E-state index in [1.165, 1.54) is 4.90 Å². The van der Waals surface area contributed by atoms with E-state index in [0.29, 0.717) is 67.9 Å². The van der Waals surface area contributed by atoms with E-state index in [1.54, 1.807) is 33.9 Å². The van der Waals surface area contributed by atoms with Gasteiger partial charge in [-0.25, -0.2) is 14.7 Å². The Balaban J connectivity index is 1.03. The van der Waals surface area contributed by atoms with Crippen LogP contribution in [0.5, 0.6) is 0 Å². The van der Waals surface area contributed by atoms with Crippen molar-refractivity contribution in [2.75, 3.05) is 47.1 Å². The number of carbonyl (C=O) groups is 2. The number of amides is 2. The maximum atomic E-state index is 13.4. The largest absolute Gasteiger partial charge is 0.390 e. The fraction of sp³-hybridized carbons (Fsp3) is 0.459. The first kappa shape index (κ1) is 36.4. The van der Waals surface area contributed by atoms with Gasteiger partial charge < -0.3 is 26.0 Å². The average molecular weight is 744 g/mol. The molecule has 2 aliphatic rings. The van der Waals surface area contributed by atoms with Crippen LogP contribution in [0.2, 0.25) is 5.02 Å². The lowest BCUT2D eigenvalue weighted by Crippen LogP contribution is -2.40. The number of nitrogens with zero attached hydrogens (tertiary/aromatic N) is 8. The molecule has 7 rings (SSSR count). The van der Waals surface area contributed by atoms with Crippen molar-refractivity contribution in [2.24, 2.45) is 7.05 Å². The van der Waals surface area contributed by atoms with Crippen molar-refractivity contribution in [3.8, 4) is 0 Å². The zero-order valence-corrected chi connectivity index (χ0v) is 31.3. The van der Waals surface area contributed by atoms with Gasteiger partial charge in [0.25, 0.3) is 0 Å². The van der Waals surface area contributed by atoms with E-state index in [9.17, 15) is 19.5 Å². The average Bonchev–Trinajstić information content (AvgIpc) is 3.58. The Bertz CT molecular complexity index is 2210. The summed E-state index contributed by atoms with van der Waals surface area (Å²) in [5.74, 6) is 1.02. The third-order valence-corrected chi connectivity index (χ3v) is 10.3. The number of anilines is 5. The number of aromatic nitrogens is 6. The van der Waals surface area contributed by atoms with Gasteiger partial charge in [0.15, 0.2) is 11.6 Å². The highest BCUT2D eigenvalue weighted by Gasteiger charge is 2.31. The molecule has 3 aromatic heterocycles. The Kier molecular flexibility index (Phi) is 10.2. The number of imide groups is 1. The van der Waals surface area contributed by atoms with Gasteiger partial charge in [0.05, 0.1) is 28.3 Å². The van der Waals surface area contributed by atoms with Gasteiger partial charge in [0.1, 0.15) is 5.02 Å². The summed E-state index contributed by atoms with van der Waals surface area (Å²) >= 11 is 6.59. The number of hydrogen-bond donors (Lipinski definition) is 4. The maximum absolute atomic E-state index is 13.4. The van der Waals surface area contributed by atoms with Crippen LogP contribution in [0, 0.1) is 0 Å². The smallest absolute Gasteiger partial charge is 0.329 e. The van der Waals surface area contributed by atoms with Crippen LogP contribution in [-0.4, -0.2) is 84.1 Å². The minimum atomic E-state index is -0.914. The number of halogens is 1. The summed E-state index contributed by atoms with van der Waals surface area (Å²) in [5.41, 5.74) is 3.04. The summed E-state index contributed by atoms with van der Waals surface area (Å²) in [6, 6.07) is 11.9. The van der Waals surface area contributed by atoms with Crippen LogP contribution in [0.15, 0.2) is 47.4 Å². The molecule has 15 nitrogen and oxygen atoms in total. The maximum Gasteiger partial charge on any atom is 0.329 e. The lowest BCUT2D eigenvalue weighted by Gasteiger charge is -2.33. The second-order valence-electron chi connectivity index (χ2n) is 14.5. The summed E-state index contributed by atoms with van der Waals surface area (Å²) < 4.78 is 5.18. The number of imidazole rings is 1. The molecule has 2 saturated heterocycles. The predicted molar refractivity (Wildman–Crippen MR) is 207 cm³/mol. The highest BCUT2D eigenvalue weighted by atomic mass is 35.5. The number of fused-ring (bicyclic) bond motifs is 2. The highest BCUT2D eigenvalue weighted by molar-refractivity contribution is 6.33. The number of aliphatic hydroxyl groups is 1. The molecule has 16 heteroatoms. The Morgan fingerprint density at radius 3 is 2.36 bits per heavy atom. The summed E-state index contributed by atoms with van der Waals surface area (Å²) in [7, 11) is 3.68. The first-order valence-electron chi connectivity index (χ1n) is 18.1. The number of nitrogens with one attached hydrogen (secondary N) is 3. The van der Waals surface area contributed by atoms with Crippen LogP contribution in [0.4, 0.5) is 29.0 Å². The van der Waals surface area contributed by atoms with Crippen molar-refractivity contribution in [1.29, 1.82) is 0 Å². The third-order valence-electron chi connectivity index (χ3n) is 10.0. The second kappa shape index (κ2) is 14.8. The van der Waals surface area contributed by atoms with Crippen LogP contribution in [0.25, 0.3) is 21.9 Å². The predicted octanol–water partition coefficient (Wildman–Crippen LogP) is 4.38. The minimum absolute atomic E-state index is 0.119. The van der Waals surface area contributed by atoms with E-state index in [0.717, 1.165) is 59.2 Å². The van der Waals surface area contributed by atoms with Crippen molar-refractivity contribution in [1.82, 2.24) is 34.2 Å². The summed E-state index contributed by atoms with van der Waals surface area (Å²) in [6.45, 7) is 6.48. The molecule has 53 heavy (non-hydrogen) atoms. The SMILES string of the molecule is CNCCn1c(=O)n(CCC(C)(C)O)c2cc(Nc3nc(N4CCC(Nc5ccc6c(N7C(=O)CCCC7=O)nn(C)c6c5)CC4)ncc3Cl)ccc21. The standard InChI is InChI=1S/C37H46ClN11O4/c1-37(2,53)14-18-47-30-21-25(9-11-28(30)48(36(47)52)19-15-39-3)42-33-27(38)22-40-35(43-33)46-16-12-23(13-17-46)41-24-8-10-26-29(20-24)45(4)44-34(26)49-31(50)6-5-7-32(49)51/h8-11,20-23,39,41,53H,5-7,12-19H2,1-4H3,(H,40,42,43). The van der Waals surface area contributed by atoms with E-state index in [1.807, 2.05) is 50.5 Å². The fourth-order valence-electron chi connectivity index (χ4n) is 7.12. The summed E-state index contributed by atoms with van der Waals surface area (Å²) in [4.78, 5) is 51.3. The van der Waals surface area contributed by atoms with E-state index in [-0.39, 0.29) is 23.5 Å². The number of likely N-dealkylation sites (N-methyl/N-ethyl adjacent to an activating group) is 1. The number of carbonyl (C=O) groups excluding carboxylic acids is 2. The van der Waals surface area contributed by atoms with Crippen molar-refractivity contribution >= 4 is 74.3 Å². The molecule has 0 atom stereocenters. The Hall–Kier alpha value is -4.99. The topological polar surface area (TPSA) is 167 Å². The fourth-order valence-corrected chi connectivity index (χ4v) is 7.25. The van der Waals surface area contributed by atoms with Crippen LogP contribution in [0.3, 0.4) is 0 Å². The molecule has 0 aliphatic carbocycles. The number of piperidine rings is 2. The van der Waals surface area contributed by atoms with Crippen molar-refractivity contribution in [3.05, 3.63) is 58.1 Å². The van der Waals surface area contributed by atoms with Gasteiger partial charge in [-0.3, -0.25) is 23.4 Å². The molecule has 0 radical (unpaired) electrons. The number of aryl methyl sites for hydroxylation is 2. The summed E-state index contributed by atoms with van der Waals surface area (Å²) in [5, 5.41) is 26.2. The van der Waals surface area contributed by atoms with Crippen LogP contribution in [0.1, 0.15) is 52.4 Å². The van der Waals surface area contributed by atoms with Gasteiger partial charge in [0, 0.05) is 75.4 Å². The molecule has 5 aromatic rings. The molecule has 0 bridgehead atoms. The quantitative estimate of drug-likeness (QED) is 0.134. The lowest BCUT2D eigenvalue weighted by molar-refractivity contribution is -0.129. The molecule has 0 saturated carbocycles. The van der Waals surface area contributed by atoms with Gasteiger partial charge in [-0.15, -0.1) is 0 Å². The molecule has 5 heterocycles. The molecular weight excluding hydrogens is 698 g/mol. The lowest BCUT2D eigenvalue weighted by atomic mass is 10.0. The van der Waals surface area contributed by atoms with Crippen LogP contribution in [-0.2, 0) is 29.7 Å². The van der Waals surface area contributed by atoms with Gasteiger partial charge in [0.2, 0.25) is 17.8 Å². The van der Waals surface area contributed by atoms with Crippen LogP contribution >= 0.6 is 11.6 Å². The number of benzene rings is 2. The first-order chi connectivity index (χ1) is 25.4. The van der Waals surface area contributed by atoms with Crippen molar-refractivity contribution in [2.45, 2.75) is 77.1 Å². The molecule has 0 spiro atoms. The molecule has 2 aromatic carbocycles. The summed E-state index contributed by atoms with van der Waals surface area (Å²) in [6.07, 6.45) is 5.00. The van der Waals surface area contributed by atoms with Crippen molar-refractivity contribution < 1.29 is 14.7 Å². The molecule has 0 unspecified atom stereocenters. The third kappa shape index (κ3) is 7.59. The van der Waals surface area contributed by atoms with Crippen LogP contribution < -0.4 is 31.4 Å². The zero-order valence-electron chi connectivity index (χ0n) is 30.5. The molecule has 2 aliphatic heterocycles. The minimum Gasteiger partial charge on any atom is -0.390 e. The molecule has 2 fully saturated rings. The molecule has 4 N–H and O–H groups in total. The van der Waals surface area contributed by atoms with Gasteiger partial charge >= 0.3 is 5.69 Å². The Morgan fingerprint density at radius 1 is 0.943 bits per heavy atom. The molecule has 280 valence electrons. The van der Waals surface area contributed by atoms with E-state index < -0.39 is 5.60 Å². The van der Waals surface area contributed by atoms with Gasteiger partial charge in [-0.1, -0.05) is 11.6 Å². The van der Waals surface area contributed by atoms with E-state index in [2.05, 4.69) is 30.9 Å². The van der Waals surface area contributed by atoms with Gasteiger partial charge in [-0.05, 0) is 83.0 Å². The molecule has 2 amide bonds. The number of rotatable bonds is 12. The normalized spacial score (nSPS) is 16.0. The monoisotopic (exact) mass is 743 g/mol. The van der Waals surface area contributed by atoms with E-state index >= 15 is 0 Å². The Morgan fingerprint density at radius 2 is 1.64 bits per heavy atom. The second-order valence-corrected chi connectivity index (χ2v) is 14.9. The highest BCUT2D eigenvalue weighted by Crippen LogP contribution is 2.32. The van der Waals surface area contributed by atoms with Crippen molar-refractivity contribution in [3.63, 3.8) is 0 Å². The Labute approximate surface area is 311 Å². The molecular formula is C37H46ClN11O4. The zero-order chi connectivity index (χ0) is 37.4.